The lowest BCUT2D eigenvalue weighted by atomic mass is 9.92. The second-order valence-corrected chi connectivity index (χ2v) is 9.78. The van der Waals surface area contributed by atoms with Crippen LogP contribution < -0.4 is 0 Å². The van der Waals surface area contributed by atoms with Gasteiger partial charge in [-0.25, -0.2) is 0 Å². The maximum atomic E-state index is 13.1. The number of nitrogens with zero attached hydrogens (tertiary/aromatic N) is 4. The number of aromatic nitrogens is 1. The van der Waals surface area contributed by atoms with E-state index in [1.54, 1.807) is 6.07 Å². The molecule has 4 rings (SSSR count). The Kier molecular flexibility index (Phi) is 8.39. The summed E-state index contributed by atoms with van der Waals surface area (Å²) in [6, 6.07) is 20.3. The van der Waals surface area contributed by atoms with E-state index in [1.807, 2.05) is 61.5 Å². The lowest BCUT2D eigenvalue weighted by molar-refractivity contribution is 0.0195. The number of benzene rings is 2. The Morgan fingerprint density at radius 3 is 2.31 bits per heavy atom. The molecule has 2 heterocycles. The van der Waals surface area contributed by atoms with Crippen LogP contribution in [-0.2, 0) is 6.54 Å². The zero-order valence-corrected chi connectivity index (χ0v) is 21.8. The van der Waals surface area contributed by atoms with Crippen molar-refractivity contribution in [3.63, 3.8) is 0 Å². The highest BCUT2D eigenvalue weighted by Crippen LogP contribution is 2.35. The molecule has 190 valence electrons. The van der Waals surface area contributed by atoms with Gasteiger partial charge in [-0.15, -0.1) is 0 Å². The minimum Gasteiger partial charge on any atom is -0.508 e. The van der Waals surface area contributed by atoms with Gasteiger partial charge in [0.15, 0.2) is 0 Å². The molecule has 3 aromatic rings. The number of carbonyl (C=O) groups excluding carboxylic acids is 1. The first-order valence-electron chi connectivity index (χ1n) is 13.0. The Labute approximate surface area is 215 Å². The average Bonchev–Trinajstić information content (AvgIpc) is 2.88. The van der Waals surface area contributed by atoms with Gasteiger partial charge in [-0.1, -0.05) is 24.3 Å². The summed E-state index contributed by atoms with van der Waals surface area (Å²) < 4.78 is 0. The van der Waals surface area contributed by atoms with Crippen molar-refractivity contribution in [2.24, 2.45) is 0 Å². The molecule has 1 aromatic heterocycles. The Morgan fingerprint density at radius 2 is 1.64 bits per heavy atom. The Morgan fingerprint density at radius 1 is 0.972 bits per heavy atom. The molecule has 1 aliphatic rings. The van der Waals surface area contributed by atoms with Crippen molar-refractivity contribution in [3.05, 3.63) is 95.3 Å². The van der Waals surface area contributed by atoms with Crippen molar-refractivity contribution in [1.82, 2.24) is 19.7 Å². The van der Waals surface area contributed by atoms with Crippen molar-refractivity contribution in [2.75, 3.05) is 26.2 Å². The summed E-state index contributed by atoms with van der Waals surface area (Å²) in [5.74, 6) is 0.310. The number of phenols is 1. The number of rotatable bonds is 8. The molecular weight excluding hydrogens is 448 g/mol. The van der Waals surface area contributed by atoms with E-state index in [9.17, 15) is 9.90 Å². The molecule has 1 fully saturated rings. The van der Waals surface area contributed by atoms with Crippen molar-refractivity contribution in [2.45, 2.75) is 52.4 Å². The summed E-state index contributed by atoms with van der Waals surface area (Å²) in [5, 5.41) is 10.3. The molecule has 36 heavy (non-hydrogen) atoms. The van der Waals surface area contributed by atoms with Crippen LogP contribution in [0.1, 0.15) is 60.8 Å². The fourth-order valence-electron chi connectivity index (χ4n) is 5.33. The summed E-state index contributed by atoms with van der Waals surface area (Å²) in [5.41, 5.74) is 4.08. The normalized spacial score (nSPS) is 19.7. The molecule has 0 radical (unpaired) electrons. The Bertz CT molecular complexity index is 1150. The monoisotopic (exact) mass is 486 g/mol. The summed E-state index contributed by atoms with van der Waals surface area (Å²) in [6.07, 6.45) is 3.70. The van der Waals surface area contributed by atoms with Gasteiger partial charge in [-0.2, -0.15) is 0 Å². The van der Waals surface area contributed by atoms with Gasteiger partial charge in [-0.3, -0.25) is 19.6 Å². The molecule has 6 heteroatoms. The van der Waals surface area contributed by atoms with Crippen LogP contribution in [0.3, 0.4) is 0 Å². The Balaban J connectivity index is 1.66. The minimum atomic E-state index is -0.0675. The first kappa shape index (κ1) is 25.9. The number of hydrogen-bond donors (Lipinski definition) is 1. The molecule has 3 atom stereocenters. The van der Waals surface area contributed by atoms with Gasteiger partial charge in [-0.05, 0) is 80.8 Å². The van der Waals surface area contributed by atoms with Gasteiger partial charge in [0.05, 0.1) is 6.04 Å². The summed E-state index contributed by atoms with van der Waals surface area (Å²) in [7, 11) is 0. The van der Waals surface area contributed by atoms with E-state index in [0.29, 0.717) is 24.7 Å². The lowest BCUT2D eigenvalue weighted by Crippen LogP contribution is -2.56. The molecule has 1 amide bonds. The predicted molar refractivity (Wildman–Crippen MR) is 144 cm³/mol. The molecule has 6 nitrogen and oxygen atoms in total. The van der Waals surface area contributed by atoms with Crippen LogP contribution >= 0.6 is 0 Å². The molecule has 1 unspecified atom stereocenters. The number of hydrogen-bond acceptors (Lipinski definition) is 5. The van der Waals surface area contributed by atoms with Crippen molar-refractivity contribution < 1.29 is 9.90 Å². The van der Waals surface area contributed by atoms with E-state index in [4.69, 9.17) is 0 Å². The quantitative estimate of drug-likeness (QED) is 0.488. The Hall–Kier alpha value is -3.22. The second-order valence-electron chi connectivity index (χ2n) is 9.78. The smallest absolute Gasteiger partial charge is 0.253 e. The van der Waals surface area contributed by atoms with Crippen LogP contribution in [0.25, 0.3) is 0 Å². The molecule has 0 saturated carbocycles. The first-order chi connectivity index (χ1) is 17.4. The van der Waals surface area contributed by atoms with E-state index in [2.05, 4.69) is 52.9 Å². The summed E-state index contributed by atoms with van der Waals surface area (Å²) >= 11 is 0. The summed E-state index contributed by atoms with van der Waals surface area (Å²) in [6.45, 7) is 12.6. The second kappa shape index (κ2) is 11.7. The van der Waals surface area contributed by atoms with Gasteiger partial charge in [0, 0.05) is 62.8 Å². The highest BCUT2D eigenvalue weighted by molar-refractivity contribution is 5.94. The SMILES string of the molecule is CCN(CC)C(=O)c1cccc(C(c2cccc(O)c2)N2C[C@@H](C)N(Cc3ccncc3)C[C@H]2C)c1. The molecule has 1 N–H and O–H groups in total. The third-order valence-corrected chi connectivity index (χ3v) is 7.32. The highest BCUT2D eigenvalue weighted by Gasteiger charge is 2.35. The zero-order chi connectivity index (χ0) is 25.7. The van der Waals surface area contributed by atoms with Crippen molar-refractivity contribution >= 4 is 5.91 Å². The van der Waals surface area contributed by atoms with Gasteiger partial charge in [0.2, 0.25) is 0 Å². The van der Waals surface area contributed by atoms with Gasteiger partial charge in [0.1, 0.15) is 5.75 Å². The highest BCUT2D eigenvalue weighted by atomic mass is 16.3. The van der Waals surface area contributed by atoms with Gasteiger partial charge < -0.3 is 10.0 Å². The molecule has 0 spiro atoms. The van der Waals surface area contributed by atoms with E-state index in [-0.39, 0.29) is 23.7 Å². The fourth-order valence-corrected chi connectivity index (χ4v) is 5.33. The van der Waals surface area contributed by atoms with Crippen LogP contribution in [0.4, 0.5) is 0 Å². The number of pyridine rings is 1. The average molecular weight is 487 g/mol. The van der Waals surface area contributed by atoms with Crippen molar-refractivity contribution in [3.8, 4) is 5.75 Å². The van der Waals surface area contributed by atoms with E-state index in [1.165, 1.54) is 5.56 Å². The van der Waals surface area contributed by atoms with Crippen LogP contribution in [0, 0.1) is 0 Å². The molecule has 1 aliphatic heterocycles. The molecule has 2 aromatic carbocycles. The van der Waals surface area contributed by atoms with Crippen LogP contribution in [0.5, 0.6) is 5.75 Å². The number of piperazine rings is 1. The van der Waals surface area contributed by atoms with Crippen LogP contribution in [0.2, 0.25) is 0 Å². The van der Waals surface area contributed by atoms with Crippen LogP contribution in [-0.4, -0.2) is 69.0 Å². The topological polar surface area (TPSA) is 59.9 Å². The number of phenolic OH excluding ortho intramolecular Hbond substituents is 1. The molecule has 1 saturated heterocycles. The molecule has 0 aliphatic carbocycles. The maximum Gasteiger partial charge on any atom is 0.253 e. The molecular formula is C30H38N4O2. The predicted octanol–water partition coefficient (Wildman–Crippen LogP) is 4.95. The maximum absolute atomic E-state index is 13.1. The van der Waals surface area contributed by atoms with E-state index in [0.717, 1.165) is 30.8 Å². The first-order valence-corrected chi connectivity index (χ1v) is 13.0. The van der Waals surface area contributed by atoms with Crippen LogP contribution in [0.15, 0.2) is 73.1 Å². The number of carbonyl (C=O) groups is 1. The van der Waals surface area contributed by atoms with E-state index >= 15 is 0 Å². The van der Waals surface area contributed by atoms with E-state index < -0.39 is 0 Å². The minimum absolute atomic E-state index is 0.0556. The third kappa shape index (κ3) is 5.77. The number of amides is 1. The lowest BCUT2D eigenvalue weighted by Gasteiger charge is -2.47. The third-order valence-electron chi connectivity index (χ3n) is 7.32. The number of aromatic hydroxyl groups is 1. The van der Waals surface area contributed by atoms with Crippen molar-refractivity contribution in [1.29, 1.82) is 0 Å². The fraction of sp³-hybridized carbons (Fsp3) is 0.400. The summed E-state index contributed by atoms with van der Waals surface area (Å²) in [4.78, 5) is 24.2. The largest absolute Gasteiger partial charge is 0.508 e. The zero-order valence-electron chi connectivity index (χ0n) is 21.8. The molecule has 0 bridgehead atoms. The standard InChI is InChI=1S/C30H38N4O2/c1-5-32(6-2)30(36)27-11-7-9-25(17-27)29(26-10-8-12-28(35)18-26)34-20-22(3)33(19-23(34)4)21-24-13-15-31-16-14-24/h7-18,22-23,29,35H,5-6,19-21H2,1-4H3/t22-,23-,29?/m1/s1. The van der Waals surface area contributed by atoms with Gasteiger partial charge in [0.25, 0.3) is 5.91 Å². The van der Waals surface area contributed by atoms with Gasteiger partial charge >= 0.3 is 0 Å².